The lowest BCUT2D eigenvalue weighted by molar-refractivity contribution is -0.131. The van der Waals surface area contributed by atoms with E-state index in [1.54, 1.807) is 19.2 Å². The first-order valence-electron chi connectivity index (χ1n) is 7.79. The molecule has 2 rings (SSSR count). The Bertz CT molecular complexity index is 805. The molecule has 7 heteroatoms. The number of hydrogen-bond donors (Lipinski definition) is 1. The second-order valence-electron chi connectivity index (χ2n) is 5.70. The number of carbonyl (C=O) groups excluding carboxylic acids is 1. The van der Waals surface area contributed by atoms with Crippen LogP contribution >= 0.6 is 0 Å². The fourth-order valence-corrected chi connectivity index (χ4v) is 3.57. The van der Waals surface area contributed by atoms with Gasteiger partial charge in [-0.15, -0.1) is 0 Å². The van der Waals surface area contributed by atoms with Crippen molar-refractivity contribution in [2.24, 2.45) is 0 Å². The summed E-state index contributed by atoms with van der Waals surface area (Å²) in [6.45, 7) is 1.94. The van der Waals surface area contributed by atoms with E-state index < -0.39 is 16.1 Å². The molecule has 0 unspecified atom stereocenters. The van der Waals surface area contributed by atoms with Crippen molar-refractivity contribution >= 4 is 15.9 Å². The monoisotopic (exact) mass is 362 g/mol. The molecule has 134 valence electrons. The molecule has 0 aromatic heterocycles. The summed E-state index contributed by atoms with van der Waals surface area (Å²) in [6.07, 6.45) is 0. The normalized spacial score (nSPS) is 12.4. The maximum absolute atomic E-state index is 12.4. The van der Waals surface area contributed by atoms with Crippen LogP contribution in [0.5, 0.6) is 5.75 Å². The number of carbonyl (C=O) groups is 1. The lowest BCUT2D eigenvalue weighted by Crippen LogP contribution is -2.45. The van der Waals surface area contributed by atoms with Gasteiger partial charge in [0.05, 0.1) is 18.0 Å². The largest absolute Gasteiger partial charge is 0.497 e. The molecule has 0 radical (unpaired) electrons. The van der Waals surface area contributed by atoms with E-state index in [0.29, 0.717) is 12.3 Å². The second-order valence-corrected chi connectivity index (χ2v) is 7.41. The number of rotatable bonds is 7. The Morgan fingerprint density at radius 3 is 2.28 bits per heavy atom. The van der Waals surface area contributed by atoms with Crippen LogP contribution in [0.25, 0.3) is 0 Å². The number of ether oxygens (including phenoxy) is 1. The van der Waals surface area contributed by atoms with Gasteiger partial charge in [0.1, 0.15) is 5.75 Å². The van der Waals surface area contributed by atoms with Crippen molar-refractivity contribution in [1.29, 1.82) is 0 Å². The topological polar surface area (TPSA) is 75.7 Å². The Kier molecular flexibility index (Phi) is 6.17. The number of amides is 1. The van der Waals surface area contributed by atoms with Gasteiger partial charge in [-0.3, -0.25) is 4.79 Å². The summed E-state index contributed by atoms with van der Waals surface area (Å²) in [5, 5.41) is 0. The third kappa shape index (κ3) is 5.04. The molecule has 0 saturated heterocycles. The molecule has 0 saturated carbocycles. The van der Waals surface area contributed by atoms with Crippen molar-refractivity contribution in [2.75, 3.05) is 14.2 Å². The zero-order chi connectivity index (χ0) is 18.4. The van der Waals surface area contributed by atoms with Crippen LogP contribution < -0.4 is 9.46 Å². The highest BCUT2D eigenvalue weighted by molar-refractivity contribution is 7.89. The number of likely N-dealkylation sites (N-methyl/N-ethyl adjacent to an activating group) is 1. The minimum Gasteiger partial charge on any atom is -0.497 e. The van der Waals surface area contributed by atoms with Crippen molar-refractivity contribution in [3.8, 4) is 5.75 Å². The molecule has 0 aliphatic carbocycles. The quantitative estimate of drug-likeness (QED) is 0.818. The van der Waals surface area contributed by atoms with E-state index >= 15 is 0 Å². The number of nitrogens with zero attached hydrogens (tertiary/aromatic N) is 1. The van der Waals surface area contributed by atoms with Crippen LogP contribution in [0.4, 0.5) is 0 Å². The summed E-state index contributed by atoms with van der Waals surface area (Å²) in [7, 11) is -0.638. The highest BCUT2D eigenvalue weighted by Gasteiger charge is 2.24. The van der Waals surface area contributed by atoms with Gasteiger partial charge in [0, 0.05) is 13.6 Å². The van der Waals surface area contributed by atoms with E-state index in [0.717, 1.165) is 5.56 Å². The standard InChI is InChI=1S/C18H22N2O4S/c1-14(18(21)20(2)13-15-7-5-4-6-8-15)19-25(22,23)17-11-9-16(24-3)10-12-17/h4-12,14,19H,13H2,1-3H3/t14-/m0/s1. The van der Waals surface area contributed by atoms with Crippen LogP contribution in [0.2, 0.25) is 0 Å². The molecule has 0 spiro atoms. The van der Waals surface area contributed by atoms with E-state index in [4.69, 9.17) is 4.74 Å². The predicted molar refractivity (Wildman–Crippen MR) is 95.7 cm³/mol. The highest BCUT2D eigenvalue weighted by atomic mass is 32.2. The fourth-order valence-electron chi connectivity index (χ4n) is 2.37. The smallest absolute Gasteiger partial charge is 0.241 e. The molecular formula is C18H22N2O4S. The molecule has 1 atom stereocenters. The van der Waals surface area contributed by atoms with Gasteiger partial charge in [0.2, 0.25) is 15.9 Å². The summed E-state index contributed by atoms with van der Waals surface area (Å²) in [5.41, 5.74) is 0.976. The minimum absolute atomic E-state index is 0.0821. The highest BCUT2D eigenvalue weighted by Crippen LogP contribution is 2.16. The van der Waals surface area contributed by atoms with Crippen LogP contribution in [0, 0.1) is 0 Å². The van der Waals surface area contributed by atoms with E-state index in [1.807, 2.05) is 30.3 Å². The van der Waals surface area contributed by atoms with Crippen molar-refractivity contribution in [3.05, 3.63) is 60.2 Å². The van der Waals surface area contributed by atoms with Gasteiger partial charge >= 0.3 is 0 Å². The molecular weight excluding hydrogens is 340 g/mol. The number of methoxy groups -OCH3 is 1. The third-order valence-electron chi connectivity index (χ3n) is 3.71. The molecule has 0 aliphatic heterocycles. The zero-order valence-corrected chi connectivity index (χ0v) is 15.3. The number of hydrogen-bond acceptors (Lipinski definition) is 4. The molecule has 2 aromatic carbocycles. The number of sulfonamides is 1. The first-order valence-corrected chi connectivity index (χ1v) is 9.27. The lowest BCUT2D eigenvalue weighted by atomic mass is 10.2. The van der Waals surface area contributed by atoms with E-state index in [-0.39, 0.29) is 10.8 Å². The van der Waals surface area contributed by atoms with Crippen molar-refractivity contribution in [3.63, 3.8) is 0 Å². The summed E-state index contributed by atoms with van der Waals surface area (Å²) >= 11 is 0. The van der Waals surface area contributed by atoms with Crippen LogP contribution in [0.1, 0.15) is 12.5 Å². The molecule has 6 nitrogen and oxygen atoms in total. The van der Waals surface area contributed by atoms with Crippen molar-refractivity contribution in [2.45, 2.75) is 24.4 Å². The first kappa shape index (κ1) is 19.0. The van der Waals surface area contributed by atoms with Crippen LogP contribution in [0.15, 0.2) is 59.5 Å². The maximum atomic E-state index is 12.4. The Labute approximate surface area is 148 Å². The van der Waals surface area contributed by atoms with Crippen molar-refractivity contribution in [1.82, 2.24) is 9.62 Å². The molecule has 1 amide bonds. The summed E-state index contributed by atoms with van der Waals surface area (Å²) in [4.78, 5) is 14.0. The third-order valence-corrected chi connectivity index (χ3v) is 5.27. The lowest BCUT2D eigenvalue weighted by Gasteiger charge is -2.22. The van der Waals surface area contributed by atoms with Gasteiger partial charge < -0.3 is 9.64 Å². The molecule has 2 aromatic rings. The molecule has 25 heavy (non-hydrogen) atoms. The van der Waals surface area contributed by atoms with E-state index in [2.05, 4.69) is 4.72 Å². The van der Waals surface area contributed by atoms with Crippen LogP contribution in [-0.4, -0.2) is 39.4 Å². The Balaban J connectivity index is 2.03. The SMILES string of the molecule is COc1ccc(S(=O)(=O)N[C@@H](C)C(=O)N(C)Cc2ccccc2)cc1. The molecule has 0 bridgehead atoms. The van der Waals surface area contributed by atoms with Crippen molar-refractivity contribution < 1.29 is 17.9 Å². The molecule has 0 fully saturated rings. The summed E-state index contributed by atoms with van der Waals surface area (Å²) in [5.74, 6) is 0.256. The van der Waals surface area contributed by atoms with Gasteiger partial charge in [-0.1, -0.05) is 30.3 Å². The van der Waals surface area contributed by atoms with Gasteiger partial charge in [-0.2, -0.15) is 4.72 Å². The summed E-state index contributed by atoms with van der Waals surface area (Å²) in [6, 6.07) is 14.6. The van der Waals surface area contributed by atoms with Gasteiger partial charge in [0.25, 0.3) is 0 Å². The Morgan fingerprint density at radius 1 is 1.12 bits per heavy atom. The van der Waals surface area contributed by atoms with E-state index in [1.165, 1.54) is 31.1 Å². The first-order chi connectivity index (χ1) is 11.8. The average Bonchev–Trinajstić information content (AvgIpc) is 2.61. The van der Waals surface area contributed by atoms with Crippen LogP contribution in [0.3, 0.4) is 0 Å². The number of benzene rings is 2. The molecule has 0 aliphatic rings. The maximum Gasteiger partial charge on any atom is 0.241 e. The van der Waals surface area contributed by atoms with Gasteiger partial charge in [-0.05, 0) is 36.8 Å². The van der Waals surface area contributed by atoms with Gasteiger partial charge in [-0.25, -0.2) is 8.42 Å². The predicted octanol–water partition coefficient (Wildman–Crippen LogP) is 2.02. The summed E-state index contributed by atoms with van der Waals surface area (Å²) < 4.78 is 32.2. The van der Waals surface area contributed by atoms with Crippen LogP contribution in [-0.2, 0) is 21.4 Å². The Morgan fingerprint density at radius 2 is 1.72 bits per heavy atom. The van der Waals surface area contributed by atoms with Gasteiger partial charge in [0.15, 0.2) is 0 Å². The average molecular weight is 362 g/mol. The Hall–Kier alpha value is -2.38. The fraction of sp³-hybridized carbons (Fsp3) is 0.278. The minimum atomic E-state index is -3.79. The second kappa shape index (κ2) is 8.13. The zero-order valence-electron chi connectivity index (χ0n) is 14.5. The van der Waals surface area contributed by atoms with E-state index in [9.17, 15) is 13.2 Å². The molecule has 0 heterocycles. The molecule has 1 N–H and O–H groups in total. The number of nitrogens with one attached hydrogen (secondary N) is 1.